The van der Waals surface area contributed by atoms with Crippen LogP contribution in [-0.2, 0) is 11.2 Å². The number of carbonyl (C=O) groups is 1. The van der Waals surface area contributed by atoms with Crippen molar-refractivity contribution in [2.45, 2.75) is 38.6 Å². The van der Waals surface area contributed by atoms with Crippen molar-refractivity contribution in [2.24, 2.45) is 0 Å². The van der Waals surface area contributed by atoms with Crippen molar-refractivity contribution in [3.05, 3.63) is 60.6 Å². The molecule has 1 N–H and O–H groups in total. The van der Waals surface area contributed by atoms with Crippen LogP contribution in [0.4, 0.5) is 17.5 Å². The summed E-state index contributed by atoms with van der Waals surface area (Å²) >= 11 is 0. The first-order valence-electron chi connectivity index (χ1n) is 11.3. The van der Waals surface area contributed by atoms with Gasteiger partial charge in [0, 0.05) is 50.6 Å². The number of carbonyl (C=O) groups excluding carboxylic acids is 1. The molecule has 0 atom stereocenters. The van der Waals surface area contributed by atoms with Crippen LogP contribution in [0.15, 0.2) is 54.9 Å². The van der Waals surface area contributed by atoms with E-state index in [9.17, 15) is 4.79 Å². The van der Waals surface area contributed by atoms with Crippen LogP contribution in [0, 0.1) is 0 Å². The summed E-state index contributed by atoms with van der Waals surface area (Å²) < 4.78 is 0. The minimum absolute atomic E-state index is 0.147. The molecule has 5 rings (SSSR count). The molecule has 1 aromatic carbocycles. The Kier molecular flexibility index (Phi) is 5.71. The molecular formula is C25H28N6O. The average Bonchev–Trinajstić information content (AvgIpc) is 2.84. The zero-order chi connectivity index (χ0) is 21.9. The number of nitrogens with one attached hydrogen (secondary N) is 1. The minimum atomic E-state index is 0.147. The van der Waals surface area contributed by atoms with Crippen LogP contribution in [0.25, 0.3) is 11.1 Å². The quantitative estimate of drug-likeness (QED) is 0.676. The van der Waals surface area contributed by atoms with E-state index in [0.717, 1.165) is 73.6 Å². The average molecular weight is 429 g/mol. The molecule has 164 valence electrons. The molecule has 0 bridgehead atoms. The van der Waals surface area contributed by atoms with Gasteiger partial charge >= 0.3 is 0 Å². The number of aryl methyl sites for hydroxylation is 1. The smallest absolute Gasteiger partial charge is 0.224 e. The van der Waals surface area contributed by atoms with Crippen molar-refractivity contribution in [3.8, 4) is 11.1 Å². The predicted molar refractivity (Wildman–Crippen MR) is 126 cm³/mol. The maximum atomic E-state index is 11.6. The molecule has 7 heteroatoms. The molecule has 0 saturated carbocycles. The van der Waals surface area contributed by atoms with E-state index in [-0.39, 0.29) is 11.9 Å². The summed E-state index contributed by atoms with van der Waals surface area (Å²) in [5, 5.41) is 3.48. The lowest BCUT2D eigenvalue weighted by molar-refractivity contribution is -0.129. The molecular weight excluding hydrogens is 400 g/mol. The Labute approximate surface area is 188 Å². The number of hydrogen-bond donors (Lipinski definition) is 1. The Morgan fingerprint density at radius 2 is 1.84 bits per heavy atom. The second-order valence-corrected chi connectivity index (χ2v) is 8.47. The molecule has 1 saturated heterocycles. The zero-order valence-corrected chi connectivity index (χ0v) is 18.4. The zero-order valence-electron chi connectivity index (χ0n) is 18.4. The summed E-state index contributed by atoms with van der Waals surface area (Å²) in [6.07, 6.45) is 7.62. The largest absolute Gasteiger partial charge is 0.351 e. The van der Waals surface area contributed by atoms with Crippen molar-refractivity contribution in [3.63, 3.8) is 0 Å². The summed E-state index contributed by atoms with van der Waals surface area (Å²) in [5.74, 6) is 1.67. The third-order valence-corrected chi connectivity index (χ3v) is 6.33. The maximum absolute atomic E-state index is 11.6. The molecule has 2 aliphatic rings. The van der Waals surface area contributed by atoms with Crippen LogP contribution in [0.2, 0.25) is 0 Å². The molecule has 1 fully saturated rings. The number of rotatable bonds is 4. The van der Waals surface area contributed by atoms with Gasteiger partial charge in [0.15, 0.2) is 0 Å². The number of aromatic nitrogens is 3. The SMILES string of the molecule is CC(=O)N1CCC(Nc2nccc(N3CCCc4ncc(-c5ccccc5)cc43)n2)CC1. The summed E-state index contributed by atoms with van der Waals surface area (Å²) in [5.41, 5.74) is 4.51. The molecule has 0 spiro atoms. The minimum Gasteiger partial charge on any atom is -0.351 e. The van der Waals surface area contributed by atoms with Gasteiger partial charge in [-0.2, -0.15) is 4.98 Å². The van der Waals surface area contributed by atoms with Gasteiger partial charge in [0.1, 0.15) is 5.82 Å². The van der Waals surface area contributed by atoms with Gasteiger partial charge in [0.2, 0.25) is 11.9 Å². The highest BCUT2D eigenvalue weighted by Gasteiger charge is 2.23. The van der Waals surface area contributed by atoms with Crippen LogP contribution in [0.1, 0.15) is 31.9 Å². The topological polar surface area (TPSA) is 74.2 Å². The van der Waals surface area contributed by atoms with Gasteiger partial charge in [-0.15, -0.1) is 0 Å². The van der Waals surface area contributed by atoms with Crippen LogP contribution in [-0.4, -0.2) is 51.4 Å². The van der Waals surface area contributed by atoms with Gasteiger partial charge in [0.25, 0.3) is 0 Å². The van der Waals surface area contributed by atoms with Gasteiger partial charge in [-0.05, 0) is 43.4 Å². The molecule has 2 aliphatic heterocycles. The number of nitrogens with zero attached hydrogens (tertiary/aromatic N) is 5. The van der Waals surface area contributed by atoms with Crippen LogP contribution in [0.5, 0.6) is 0 Å². The van der Waals surface area contributed by atoms with E-state index in [0.29, 0.717) is 5.95 Å². The summed E-state index contributed by atoms with van der Waals surface area (Å²) in [6, 6.07) is 14.8. The van der Waals surface area contributed by atoms with E-state index < -0.39 is 0 Å². The number of fused-ring (bicyclic) bond motifs is 1. The summed E-state index contributed by atoms with van der Waals surface area (Å²) in [7, 11) is 0. The van der Waals surface area contributed by atoms with E-state index in [1.165, 1.54) is 0 Å². The number of pyridine rings is 1. The Bertz CT molecular complexity index is 1090. The van der Waals surface area contributed by atoms with E-state index in [4.69, 9.17) is 9.97 Å². The fourth-order valence-corrected chi connectivity index (χ4v) is 4.55. The van der Waals surface area contributed by atoms with E-state index in [2.05, 4.69) is 45.5 Å². The normalized spacial score (nSPS) is 16.5. The number of likely N-dealkylation sites (tertiary alicyclic amines) is 1. The Morgan fingerprint density at radius 3 is 2.62 bits per heavy atom. The lowest BCUT2D eigenvalue weighted by Gasteiger charge is -2.32. The van der Waals surface area contributed by atoms with Crippen LogP contribution >= 0.6 is 0 Å². The van der Waals surface area contributed by atoms with Gasteiger partial charge in [-0.25, -0.2) is 4.98 Å². The number of amides is 1. The standard InChI is InChI=1S/C25H28N6O/c1-18(32)30-14-10-21(11-15-30)28-25-26-12-9-24(29-25)31-13-5-8-22-23(31)16-20(17-27-22)19-6-3-2-4-7-19/h2-4,6-7,9,12,16-17,21H,5,8,10-11,13-15H2,1H3,(H,26,28,29). The molecule has 2 aromatic heterocycles. The Morgan fingerprint density at radius 1 is 1.03 bits per heavy atom. The second-order valence-electron chi connectivity index (χ2n) is 8.47. The fraction of sp³-hybridized carbons (Fsp3) is 0.360. The van der Waals surface area contributed by atoms with E-state index >= 15 is 0 Å². The third-order valence-electron chi connectivity index (χ3n) is 6.33. The highest BCUT2D eigenvalue weighted by atomic mass is 16.2. The number of piperidine rings is 1. The van der Waals surface area contributed by atoms with Crippen molar-refractivity contribution >= 4 is 23.4 Å². The molecule has 4 heterocycles. The molecule has 0 radical (unpaired) electrons. The van der Waals surface area contributed by atoms with Crippen molar-refractivity contribution in [2.75, 3.05) is 29.9 Å². The highest BCUT2D eigenvalue weighted by molar-refractivity contribution is 5.73. The fourth-order valence-electron chi connectivity index (χ4n) is 4.55. The number of hydrogen-bond acceptors (Lipinski definition) is 6. The second kappa shape index (κ2) is 8.94. The first-order valence-corrected chi connectivity index (χ1v) is 11.3. The Balaban J connectivity index is 1.37. The Hall–Kier alpha value is -3.48. The van der Waals surface area contributed by atoms with Crippen molar-refractivity contribution in [1.29, 1.82) is 0 Å². The first-order chi connectivity index (χ1) is 15.7. The molecule has 3 aromatic rings. The van der Waals surface area contributed by atoms with Gasteiger partial charge in [-0.1, -0.05) is 30.3 Å². The highest BCUT2D eigenvalue weighted by Crippen LogP contribution is 2.34. The molecule has 32 heavy (non-hydrogen) atoms. The van der Waals surface area contributed by atoms with Crippen molar-refractivity contribution in [1.82, 2.24) is 19.9 Å². The first kappa shape index (κ1) is 20.4. The summed E-state index contributed by atoms with van der Waals surface area (Å²) in [4.78, 5) is 29.8. The lowest BCUT2D eigenvalue weighted by Crippen LogP contribution is -2.41. The lowest BCUT2D eigenvalue weighted by atomic mass is 10.0. The molecule has 7 nitrogen and oxygen atoms in total. The van der Waals surface area contributed by atoms with E-state index in [1.807, 2.05) is 29.4 Å². The predicted octanol–water partition coefficient (Wildman–Crippen LogP) is 4.05. The van der Waals surface area contributed by atoms with Crippen LogP contribution in [0.3, 0.4) is 0 Å². The maximum Gasteiger partial charge on any atom is 0.224 e. The monoisotopic (exact) mass is 428 g/mol. The third kappa shape index (κ3) is 4.28. The van der Waals surface area contributed by atoms with Gasteiger partial charge in [-0.3, -0.25) is 9.78 Å². The summed E-state index contributed by atoms with van der Waals surface area (Å²) in [6.45, 7) is 4.09. The molecule has 0 unspecified atom stereocenters. The van der Waals surface area contributed by atoms with Crippen LogP contribution < -0.4 is 10.2 Å². The van der Waals surface area contributed by atoms with Gasteiger partial charge in [0.05, 0.1) is 11.4 Å². The number of benzene rings is 1. The van der Waals surface area contributed by atoms with E-state index in [1.54, 1.807) is 6.92 Å². The number of anilines is 3. The molecule has 0 aliphatic carbocycles. The molecule has 1 amide bonds. The van der Waals surface area contributed by atoms with Gasteiger partial charge < -0.3 is 15.1 Å². The van der Waals surface area contributed by atoms with Crippen molar-refractivity contribution < 1.29 is 4.79 Å².